The van der Waals surface area contributed by atoms with Gasteiger partial charge in [-0.1, -0.05) is 42.0 Å². The molecular formula is C16H15N2O2-. The normalized spacial score (nSPS) is 11.2. The minimum atomic E-state index is -1.20. The summed E-state index contributed by atoms with van der Waals surface area (Å²) in [7, 11) is 0. The van der Waals surface area contributed by atoms with E-state index in [2.05, 4.69) is 10.5 Å². The molecule has 0 aromatic heterocycles. The fourth-order valence-electron chi connectivity index (χ4n) is 1.72. The third kappa shape index (κ3) is 3.45. The Kier molecular flexibility index (Phi) is 4.15. The number of anilines is 1. The molecule has 0 aliphatic heterocycles. The van der Waals surface area contributed by atoms with Gasteiger partial charge in [-0.15, -0.1) is 0 Å². The van der Waals surface area contributed by atoms with E-state index in [-0.39, 0.29) is 5.56 Å². The quantitative estimate of drug-likeness (QED) is 0.682. The Morgan fingerprint density at radius 3 is 2.45 bits per heavy atom. The van der Waals surface area contributed by atoms with Gasteiger partial charge in [0.1, 0.15) is 0 Å². The van der Waals surface area contributed by atoms with Gasteiger partial charge in [-0.3, -0.25) is 5.43 Å². The summed E-state index contributed by atoms with van der Waals surface area (Å²) < 4.78 is 0. The van der Waals surface area contributed by atoms with Crippen molar-refractivity contribution in [2.75, 3.05) is 5.43 Å². The van der Waals surface area contributed by atoms with Crippen molar-refractivity contribution in [3.63, 3.8) is 0 Å². The highest BCUT2D eigenvalue weighted by Gasteiger charge is 1.98. The molecule has 4 nitrogen and oxygen atoms in total. The third-order valence-corrected chi connectivity index (χ3v) is 2.92. The van der Waals surface area contributed by atoms with E-state index in [1.54, 1.807) is 12.1 Å². The number of benzene rings is 2. The number of carbonyl (C=O) groups is 1. The van der Waals surface area contributed by atoms with E-state index in [0.29, 0.717) is 5.69 Å². The second-order valence-electron chi connectivity index (χ2n) is 4.54. The van der Waals surface area contributed by atoms with E-state index >= 15 is 0 Å². The Bertz CT molecular complexity index is 646. The number of rotatable bonds is 4. The fourth-order valence-corrected chi connectivity index (χ4v) is 1.72. The maximum atomic E-state index is 10.8. The molecule has 0 amide bonds. The largest absolute Gasteiger partial charge is 0.545 e. The smallest absolute Gasteiger partial charge is 0.0716 e. The molecular weight excluding hydrogens is 252 g/mol. The van der Waals surface area contributed by atoms with Gasteiger partial charge in [-0.2, -0.15) is 5.10 Å². The number of hydrogen-bond acceptors (Lipinski definition) is 4. The van der Waals surface area contributed by atoms with Crippen LogP contribution in [0.5, 0.6) is 0 Å². The van der Waals surface area contributed by atoms with Gasteiger partial charge in [0.05, 0.1) is 17.4 Å². The van der Waals surface area contributed by atoms with Crippen LogP contribution in [0.25, 0.3) is 0 Å². The first kappa shape index (κ1) is 13.8. The highest BCUT2D eigenvalue weighted by Crippen LogP contribution is 2.11. The first-order valence-electron chi connectivity index (χ1n) is 6.25. The molecule has 102 valence electrons. The van der Waals surface area contributed by atoms with Crippen molar-refractivity contribution in [1.29, 1.82) is 0 Å². The van der Waals surface area contributed by atoms with Gasteiger partial charge >= 0.3 is 0 Å². The Balaban J connectivity index is 2.14. The van der Waals surface area contributed by atoms with Crippen LogP contribution in [0.3, 0.4) is 0 Å². The van der Waals surface area contributed by atoms with Gasteiger partial charge in [0.15, 0.2) is 0 Å². The molecule has 20 heavy (non-hydrogen) atoms. The van der Waals surface area contributed by atoms with E-state index in [4.69, 9.17) is 0 Å². The van der Waals surface area contributed by atoms with Gasteiger partial charge in [0.25, 0.3) is 0 Å². The van der Waals surface area contributed by atoms with Gasteiger partial charge in [-0.05, 0) is 37.1 Å². The van der Waals surface area contributed by atoms with Crippen LogP contribution in [0.15, 0.2) is 53.6 Å². The van der Waals surface area contributed by atoms with E-state index in [9.17, 15) is 9.90 Å². The summed E-state index contributed by atoms with van der Waals surface area (Å²) >= 11 is 0. The molecule has 0 aliphatic carbocycles. The standard InChI is InChI=1S/C16H16N2O2/c1-11-6-8-13(9-7-11)12(2)17-18-15-5-3-4-14(10-15)16(19)20/h3-10,18H,1-2H3,(H,19,20)/p-1/b17-12-. The Morgan fingerprint density at radius 1 is 1.10 bits per heavy atom. The predicted octanol–water partition coefficient (Wildman–Crippen LogP) is 2.19. The van der Waals surface area contributed by atoms with Crippen molar-refractivity contribution in [3.8, 4) is 0 Å². The lowest BCUT2D eigenvalue weighted by atomic mass is 10.1. The van der Waals surface area contributed by atoms with Crippen molar-refractivity contribution in [3.05, 3.63) is 65.2 Å². The summed E-state index contributed by atoms with van der Waals surface area (Å²) in [5.74, 6) is -1.20. The van der Waals surface area contributed by atoms with Crippen LogP contribution in [-0.4, -0.2) is 11.7 Å². The number of nitrogens with one attached hydrogen (secondary N) is 1. The molecule has 0 unspecified atom stereocenters. The second kappa shape index (κ2) is 6.02. The van der Waals surface area contributed by atoms with Crippen LogP contribution in [-0.2, 0) is 0 Å². The number of nitrogens with zero attached hydrogens (tertiary/aromatic N) is 1. The lowest BCUT2D eigenvalue weighted by Crippen LogP contribution is -2.22. The van der Waals surface area contributed by atoms with Crippen molar-refractivity contribution in [2.24, 2.45) is 5.10 Å². The molecule has 0 spiro atoms. The number of aryl methyl sites for hydroxylation is 1. The first-order valence-corrected chi connectivity index (χ1v) is 6.25. The van der Waals surface area contributed by atoms with Crippen LogP contribution in [0.1, 0.15) is 28.4 Å². The van der Waals surface area contributed by atoms with E-state index < -0.39 is 5.97 Å². The number of carboxylic acids is 1. The summed E-state index contributed by atoms with van der Waals surface area (Å²) in [4.78, 5) is 10.8. The van der Waals surface area contributed by atoms with E-state index in [1.165, 1.54) is 17.7 Å². The molecule has 2 rings (SSSR count). The van der Waals surface area contributed by atoms with Gasteiger partial charge in [-0.25, -0.2) is 0 Å². The number of hydrogen-bond donors (Lipinski definition) is 1. The highest BCUT2D eigenvalue weighted by molar-refractivity contribution is 5.99. The molecule has 0 bridgehead atoms. The molecule has 2 aromatic rings. The van der Waals surface area contributed by atoms with Crippen LogP contribution >= 0.6 is 0 Å². The molecule has 0 heterocycles. The zero-order valence-corrected chi connectivity index (χ0v) is 11.4. The van der Waals surface area contributed by atoms with Crippen molar-refractivity contribution >= 4 is 17.4 Å². The first-order chi connectivity index (χ1) is 9.56. The maximum Gasteiger partial charge on any atom is 0.0716 e. The average Bonchev–Trinajstić information content (AvgIpc) is 2.46. The topological polar surface area (TPSA) is 64.5 Å². The van der Waals surface area contributed by atoms with Gasteiger partial charge in [0, 0.05) is 0 Å². The average molecular weight is 267 g/mol. The lowest BCUT2D eigenvalue weighted by Gasteiger charge is -2.07. The number of carboxylic acid groups (broad SMARTS) is 1. The zero-order valence-electron chi connectivity index (χ0n) is 11.4. The summed E-state index contributed by atoms with van der Waals surface area (Å²) in [5.41, 5.74) is 6.61. The van der Waals surface area contributed by atoms with Crippen molar-refractivity contribution in [2.45, 2.75) is 13.8 Å². The van der Waals surface area contributed by atoms with Gasteiger partial charge in [0.2, 0.25) is 0 Å². The Hall–Kier alpha value is -2.62. The predicted molar refractivity (Wildman–Crippen MR) is 77.8 cm³/mol. The van der Waals surface area contributed by atoms with Crippen LogP contribution < -0.4 is 10.5 Å². The third-order valence-electron chi connectivity index (χ3n) is 2.92. The number of carbonyl (C=O) groups excluding carboxylic acids is 1. The molecule has 0 fully saturated rings. The lowest BCUT2D eigenvalue weighted by molar-refractivity contribution is -0.255. The molecule has 2 aromatic carbocycles. The fraction of sp³-hybridized carbons (Fsp3) is 0.125. The summed E-state index contributed by atoms with van der Waals surface area (Å²) in [6.45, 7) is 3.92. The zero-order chi connectivity index (χ0) is 14.5. The highest BCUT2D eigenvalue weighted by atomic mass is 16.4. The van der Waals surface area contributed by atoms with Gasteiger partial charge < -0.3 is 9.90 Å². The Morgan fingerprint density at radius 2 is 1.80 bits per heavy atom. The van der Waals surface area contributed by atoms with Crippen LogP contribution in [0.2, 0.25) is 0 Å². The number of aromatic carboxylic acids is 1. The van der Waals surface area contributed by atoms with E-state index in [0.717, 1.165) is 11.3 Å². The molecule has 0 radical (unpaired) electrons. The summed E-state index contributed by atoms with van der Waals surface area (Å²) in [5, 5.41) is 15.0. The van der Waals surface area contributed by atoms with Crippen molar-refractivity contribution < 1.29 is 9.90 Å². The molecule has 0 saturated carbocycles. The van der Waals surface area contributed by atoms with Crippen LogP contribution in [0.4, 0.5) is 5.69 Å². The maximum absolute atomic E-state index is 10.8. The molecule has 0 saturated heterocycles. The number of hydrazone groups is 1. The van der Waals surface area contributed by atoms with E-state index in [1.807, 2.05) is 38.1 Å². The molecule has 0 atom stereocenters. The second-order valence-corrected chi connectivity index (χ2v) is 4.54. The monoisotopic (exact) mass is 267 g/mol. The minimum Gasteiger partial charge on any atom is -0.545 e. The molecule has 4 heteroatoms. The Labute approximate surface area is 117 Å². The summed E-state index contributed by atoms with van der Waals surface area (Å²) in [6, 6.07) is 14.4. The minimum absolute atomic E-state index is 0.123. The van der Waals surface area contributed by atoms with Crippen molar-refractivity contribution in [1.82, 2.24) is 0 Å². The molecule has 0 aliphatic rings. The summed E-state index contributed by atoms with van der Waals surface area (Å²) in [6.07, 6.45) is 0. The molecule has 1 N–H and O–H groups in total. The van der Waals surface area contributed by atoms with Crippen LogP contribution in [0, 0.1) is 6.92 Å². The SMILES string of the molecule is C/C(=N/Nc1cccc(C(=O)[O-])c1)c1ccc(C)cc1.